The molecule has 24 heavy (non-hydrogen) atoms. The third-order valence-corrected chi connectivity index (χ3v) is 3.49. The molecule has 3 rings (SSSR count). The van der Waals surface area contributed by atoms with Crippen molar-refractivity contribution in [3.05, 3.63) is 72.3 Å². The molecule has 0 atom stereocenters. The van der Waals surface area contributed by atoms with E-state index in [1.54, 1.807) is 13.2 Å². The molecule has 0 bridgehead atoms. The molecule has 120 valence electrons. The van der Waals surface area contributed by atoms with E-state index in [0.717, 1.165) is 16.3 Å². The number of ether oxygens (including phenoxy) is 1. The van der Waals surface area contributed by atoms with Crippen LogP contribution in [0.3, 0.4) is 0 Å². The van der Waals surface area contributed by atoms with Crippen molar-refractivity contribution in [1.29, 1.82) is 0 Å². The van der Waals surface area contributed by atoms with Gasteiger partial charge >= 0.3 is 6.09 Å². The van der Waals surface area contributed by atoms with Gasteiger partial charge in [0.1, 0.15) is 5.75 Å². The fourth-order valence-corrected chi connectivity index (χ4v) is 2.37. The number of fused-ring (bicyclic) bond motifs is 1. The number of hydrogen-bond donors (Lipinski definition) is 1. The average Bonchev–Trinajstić information content (AvgIpc) is 2.62. The highest BCUT2D eigenvalue weighted by Crippen LogP contribution is 2.23. The summed E-state index contributed by atoms with van der Waals surface area (Å²) < 4.78 is 5.20. The molecule has 0 spiro atoms. The monoisotopic (exact) mass is 320 g/mol. The van der Waals surface area contributed by atoms with Gasteiger partial charge in [-0.05, 0) is 23.6 Å². The number of para-hydroxylation sites is 1. The van der Waals surface area contributed by atoms with Crippen molar-refractivity contribution >= 4 is 28.8 Å². The molecule has 0 aliphatic carbocycles. The van der Waals surface area contributed by atoms with Gasteiger partial charge in [-0.2, -0.15) is 0 Å². The largest absolute Gasteiger partial charge is 0.496 e. The van der Waals surface area contributed by atoms with Crippen LogP contribution in [0.25, 0.3) is 10.8 Å². The average molecular weight is 320 g/mol. The van der Waals surface area contributed by atoms with Crippen molar-refractivity contribution in [3.8, 4) is 5.75 Å². The first kappa shape index (κ1) is 15.6. The molecule has 0 aliphatic rings. The van der Waals surface area contributed by atoms with Gasteiger partial charge in [0.15, 0.2) is 0 Å². The molecular formula is C19H16N2O3. The summed E-state index contributed by atoms with van der Waals surface area (Å²) in [6.45, 7) is 0. The minimum Gasteiger partial charge on any atom is -0.496 e. The third-order valence-electron chi connectivity index (χ3n) is 3.49. The molecule has 1 amide bonds. The van der Waals surface area contributed by atoms with Crippen molar-refractivity contribution in [1.82, 2.24) is 0 Å². The summed E-state index contributed by atoms with van der Waals surface area (Å²) in [5.74, 6) is 0.652. The first-order chi connectivity index (χ1) is 11.8. The van der Waals surface area contributed by atoms with Gasteiger partial charge in [-0.1, -0.05) is 53.7 Å². The second-order valence-corrected chi connectivity index (χ2v) is 5.01. The molecule has 0 aromatic heterocycles. The number of anilines is 1. The Hall–Kier alpha value is -3.34. The van der Waals surface area contributed by atoms with Crippen LogP contribution in [-0.2, 0) is 4.84 Å². The lowest BCUT2D eigenvalue weighted by Crippen LogP contribution is -2.11. The minimum atomic E-state index is -0.655. The van der Waals surface area contributed by atoms with Gasteiger partial charge in [-0.3, -0.25) is 10.2 Å². The van der Waals surface area contributed by atoms with Crippen LogP contribution in [0.2, 0.25) is 0 Å². The molecule has 0 fully saturated rings. The molecule has 0 saturated heterocycles. The van der Waals surface area contributed by atoms with E-state index < -0.39 is 6.09 Å². The first-order valence-corrected chi connectivity index (χ1v) is 7.40. The van der Waals surface area contributed by atoms with Crippen molar-refractivity contribution in [2.24, 2.45) is 5.16 Å². The summed E-state index contributed by atoms with van der Waals surface area (Å²) >= 11 is 0. The van der Waals surface area contributed by atoms with Crippen LogP contribution in [0.4, 0.5) is 10.5 Å². The van der Waals surface area contributed by atoms with Crippen molar-refractivity contribution in [3.63, 3.8) is 0 Å². The van der Waals surface area contributed by atoms with E-state index in [4.69, 9.17) is 9.57 Å². The van der Waals surface area contributed by atoms with Crippen LogP contribution >= 0.6 is 0 Å². The lowest BCUT2D eigenvalue weighted by molar-refractivity contribution is 0.167. The molecule has 1 N–H and O–H groups in total. The zero-order valence-electron chi connectivity index (χ0n) is 13.1. The summed E-state index contributed by atoms with van der Waals surface area (Å²) in [4.78, 5) is 16.8. The lowest BCUT2D eigenvalue weighted by atomic mass is 10.1. The number of rotatable bonds is 4. The first-order valence-electron chi connectivity index (χ1n) is 7.40. The van der Waals surface area contributed by atoms with Crippen LogP contribution in [-0.4, -0.2) is 19.4 Å². The van der Waals surface area contributed by atoms with Crippen LogP contribution < -0.4 is 10.1 Å². The molecule has 3 aromatic rings. The zero-order valence-corrected chi connectivity index (χ0v) is 13.1. The van der Waals surface area contributed by atoms with Crippen LogP contribution in [0.1, 0.15) is 5.56 Å². The number of benzene rings is 3. The van der Waals surface area contributed by atoms with Crippen molar-refractivity contribution < 1.29 is 14.4 Å². The Kier molecular flexibility index (Phi) is 4.72. The van der Waals surface area contributed by atoms with Crippen LogP contribution in [0, 0.1) is 0 Å². The SMILES string of the molecule is COc1ccccc1C=NOC(=O)Nc1cccc2ccccc12. The van der Waals surface area contributed by atoms with E-state index in [9.17, 15) is 4.79 Å². The predicted molar refractivity (Wildman–Crippen MR) is 94.6 cm³/mol. The predicted octanol–water partition coefficient (Wildman–Crippen LogP) is 4.43. The maximum Gasteiger partial charge on any atom is 0.437 e. The maximum atomic E-state index is 11.9. The summed E-state index contributed by atoms with van der Waals surface area (Å²) in [5.41, 5.74) is 1.39. The van der Waals surface area contributed by atoms with Gasteiger partial charge in [0.05, 0.1) is 19.0 Å². The lowest BCUT2D eigenvalue weighted by Gasteiger charge is -2.07. The second kappa shape index (κ2) is 7.28. The molecule has 0 saturated carbocycles. The molecular weight excluding hydrogens is 304 g/mol. The molecule has 0 radical (unpaired) electrons. The number of carbonyl (C=O) groups is 1. The molecule has 0 aliphatic heterocycles. The second-order valence-electron chi connectivity index (χ2n) is 5.01. The number of amides is 1. The van der Waals surface area contributed by atoms with E-state index >= 15 is 0 Å². The Balaban J connectivity index is 1.68. The Morgan fingerprint density at radius 1 is 1.00 bits per heavy atom. The summed E-state index contributed by atoms with van der Waals surface area (Å²) in [7, 11) is 1.57. The summed E-state index contributed by atoms with van der Waals surface area (Å²) in [6, 6.07) is 20.8. The molecule has 3 aromatic carbocycles. The Labute approximate surface area is 139 Å². The van der Waals surface area contributed by atoms with Crippen molar-refractivity contribution in [2.75, 3.05) is 12.4 Å². The van der Waals surface area contributed by atoms with Gasteiger partial charge < -0.3 is 4.74 Å². The number of carbonyl (C=O) groups excluding carboxylic acids is 1. The molecule has 5 nitrogen and oxygen atoms in total. The van der Waals surface area contributed by atoms with Gasteiger partial charge in [0, 0.05) is 10.9 Å². The zero-order chi connectivity index (χ0) is 16.8. The standard InChI is InChI=1S/C19H16N2O3/c1-23-18-12-5-3-8-15(18)13-20-24-19(22)21-17-11-6-9-14-7-2-4-10-16(14)17/h2-13H,1H3,(H,21,22). The van der Waals surface area contributed by atoms with Gasteiger partial charge in [0.2, 0.25) is 0 Å². The number of oxime groups is 1. The van der Waals surface area contributed by atoms with Gasteiger partial charge in [0.25, 0.3) is 0 Å². The van der Waals surface area contributed by atoms with E-state index in [-0.39, 0.29) is 0 Å². The van der Waals surface area contributed by atoms with E-state index in [1.807, 2.05) is 60.7 Å². The quantitative estimate of drug-likeness (QED) is 0.439. The molecule has 0 heterocycles. The van der Waals surface area contributed by atoms with E-state index in [0.29, 0.717) is 11.4 Å². The summed E-state index contributed by atoms with van der Waals surface area (Å²) in [5, 5.41) is 8.37. The van der Waals surface area contributed by atoms with Gasteiger partial charge in [-0.25, -0.2) is 4.79 Å². The number of nitrogens with one attached hydrogen (secondary N) is 1. The molecule has 5 heteroatoms. The fourth-order valence-electron chi connectivity index (χ4n) is 2.37. The minimum absolute atomic E-state index is 0.652. The highest BCUT2D eigenvalue weighted by molar-refractivity contribution is 6.00. The van der Waals surface area contributed by atoms with Crippen molar-refractivity contribution in [2.45, 2.75) is 0 Å². The molecule has 0 unspecified atom stereocenters. The Bertz CT molecular complexity index is 885. The number of nitrogens with zero attached hydrogens (tertiary/aromatic N) is 1. The van der Waals surface area contributed by atoms with Crippen LogP contribution in [0.5, 0.6) is 5.75 Å². The fraction of sp³-hybridized carbons (Fsp3) is 0.0526. The topological polar surface area (TPSA) is 59.9 Å². The normalized spacial score (nSPS) is 10.7. The summed E-state index contributed by atoms with van der Waals surface area (Å²) in [6.07, 6.45) is 0.777. The highest BCUT2D eigenvalue weighted by atomic mass is 16.7. The smallest absolute Gasteiger partial charge is 0.437 e. The van der Waals surface area contributed by atoms with Gasteiger partial charge in [-0.15, -0.1) is 0 Å². The Morgan fingerprint density at radius 3 is 2.62 bits per heavy atom. The third kappa shape index (κ3) is 3.52. The number of hydrogen-bond acceptors (Lipinski definition) is 4. The highest BCUT2D eigenvalue weighted by Gasteiger charge is 2.06. The number of methoxy groups -OCH3 is 1. The van der Waals surface area contributed by atoms with E-state index in [1.165, 1.54) is 6.21 Å². The van der Waals surface area contributed by atoms with E-state index in [2.05, 4.69) is 10.5 Å². The van der Waals surface area contributed by atoms with Crippen LogP contribution in [0.15, 0.2) is 71.9 Å². The maximum absolute atomic E-state index is 11.9. The Morgan fingerprint density at radius 2 is 1.75 bits per heavy atom.